The number of hydrogen-bond acceptors (Lipinski definition) is 3. The van der Waals surface area contributed by atoms with E-state index in [2.05, 4.69) is 42.3 Å². The number of nitrogens with zero attached hydrogens (tertiary/aromatic N) is 2. The highest BCUT2D eigenvalue weighted by atomic mass is 16.5. The maximum absolute atomic E-state index is 13.1. The fourth-order valence-electron chi connectivity index (χ4n) is 5.17. The lowest BCUT2D eigenvalue weighted by Crippen LogP contribution is -2.62. The second-order valence-corrected chi connectivity index (χ2v) is 9.14. The number of rotatable bonds is 4. The molecule has 1 amide bonds. The Morgan fingerprint density at radius 3 is 2.21 bits per heavy atom. The Hall–Kier alpha value is -2.17. The number of morpholine rings is 1. The van der Waals surface area contributed by atoms with Crippen molar-refractivity contribution in [3.63, 3.8) is 0 Å². The van der Waals surface area contributed by atoms with Crippen molar-refractivity contribution in [2.75, 3.05) is 18.5 Å². The first-order valence-electron chi connectivity index (χ1n) is 10.9. The Balaban J connectivity index is 1.29. The standard InChI is InChI=1S/C25H30N2O2/c1-26(18-20-8-4-2-5-9-20)21-12-14-24(15-13-21)19-27(22-10-6-3-7-11-22)23(28)25(29-24)16-17-25/h2-11,21H,12-19H2,1H3/t21-,24-. The van der Waals surface area contributed by atoms with Gasteiger partial charge in [-0.05, 0) is 63.3 Å². The molecule has 0 radical (unpaired) electrons. The van der Waals surface area contributed by atoms with Crippen LogP contribution in [0, 0.1) is 0 Å². The van der Waals surface area contributed by atoms with Crippen molar-refractivity contribution >= 4 is 11.6 Å². The lowest BCUT2D eigenvalue weighted by molar-refractivity contribution is -0.171. The molecule has 1 saturated heterocycles. The van der Waals surface area contributed by atoms with Gasteiger partial charge in [0.25, 0.3) is 5.91 Å². The molecule has 29 heavy (non-hydrogen) atoms. The van der Waals surface area contributed by atoms with Crippen LogP contribution < -0.4 is 4.90 Å². The fraction of sp³-hybridized carbons (Fsp3) is 0.480. The predicted octanol–water partition coefficient (Wildman–Crippen LogP) is 4.40. The zero-order valence-corrected chi connectivity index (χ0v) is 17.2. The fourth-order valence-corrected chi connectivity index (χ4v) is 5.17. The van der Waals surface area contributed by atoms with Crippen molar-refractivity contribution in [1.82, 2.24) is 4.90 Å². The Morgan fingerprint density at radius 2 is 1.59 bits per heavy atom. The van der Waals surface area contributed by atoms with Crippen LogP contribution in [-0.4, -0.2) is 41.6 Å². The van der Waals surface area contributed by atoms with Gasteiger partial charge in [-0.1, -0.05) is 48.5 Å². The van der Waals surface area contributed by atoms with E-state index in [1.165, 1.54) is 5.56 Å². The van der Waals surface area contributed by atoms with Crippen LogP contribution in [0.1, 0.15) is 44.1 Å². The lowest BCUT2D eigenvalue weighted by Gasteiger charge is -2.50. The van der Waals surface area contributed by atoms with Crippen molar-refractivity contribution in [2.24, 2.45) is 0 Å². The largest absolute Gasteiger partial charge is 0.357 e. The van der Waals surface area contributed by atoms with Crippen molar-refractivity contribution < 1.29 is 9.53 Å². The van der Waals surface area contributed by atoms with Crippen LogP contribution in [0.2, 0.25) is 0 Å². The molecule has 4 nitrogen and oxygen atoms in total. The van der Waals surface area contributed by atoms with E-state index in [4.69, 9.17) is 4.74 Å². The molecule has 0 unspecified atom stereocenters. The molecule has 2 aromatic carbocycles. The number of carbonyl (C=O) groups excluding carboxylic acids is 1. The van der Waals surface area contributed by atoms with Crippen molar-refractivity contribution in [2.45, 2.75) is 62.3 Å². The van der Waals surface area contributed by atoms with Gasteiger partial charge in [0.2, 0.25) is 0 Å². The number of ether oxygens (including phenoxy) is 1. The quantitative estimate of drug-likeness (QED) is 0.776. The summed E-state index contributed by atoms with van der Waals surface area (Å²) in [5.74, 6) is 0.164. The van der Waals surface area contributed by atoms with Crippen LogP contribution in [-0.2, 0) is 16.1 Å². The van der Waals surface area contributed by atoms with Crippen LogP contribution >= 0.6 is 0 Å². The van der Waals surface area contributed by atoms with Crippen LogP contribution in [0.5, 0.6) is 0 Å². The van der Waals surface area contributed by atoms with Crippen molar-refractivity contribution in [3.8, 4) is 0 Å². The van der Waals surface area contributed by atoms with E-state index in [0.29, 0.717) is 12.6 Å². The highest BCUT2D eigenvalue weighted by molar-refractivity contribution is 6.02. The second kappa shape index (κ2) is 7.26. The van der Waals surface area contributed by atoms with Gasteiger partial charge in [-0.15, -0.1) is 0 Å². The number of hydrogen-bond donors (Lipinski definition) is 0. The highest BCUT2D eigenvalue weighted by Gasteiger charge is 2.62. The summed E-state index contributed by atoms with van der Waals surface area (Å²) in [7, 11) is 2.24. The van der Waals surface area contributed by atoms with Crippen molar-refractivity contribution in [3.05, 3.63) is 66.2 Å². The first-order valence-corrected chi connectivity index (χ1v) is 10.9. The Morgan fingerprint density at radius 1 is 0.966 bits per heavy atom. The van der Waals surface area contributed by atoms with Gasteiger partial charge in [0, 0.05) is 18.3 Å². The molecule has 0 bridgehead atoms. The Bertz CT molecular complexity index is 855. The first kappa shape index (κ1) is 18.8. The molecule has 0 N–H and O–H groups in total. The summed E-state index contributed by atoms with van der Waals surface area (Å²) in [5, 5.41) is 0. The molecule has 0 atom stereocenters. The van der Waals surface area contributed by atoms with E-state index < -0.39 is 5.60 Å². The summed E-state index contributed by atoms with van der Waals surface area (Å²) in [6.07, 6.45) is 6.03. The molecule has 3 aliphatic rings. The molecule has 2 aliphatic carbocycles. The maximum atomic E-state index is 13.1. The van der Waals surface area contributed by atoms with E-state index in [9.17, 15) is 4.79 Å². The van der Waals surface area contributed by atoms with Crippen LogP contribution in [0.4, 0.5) is 5.69 Å². The van der Waals surface area contributed by atoms with Gasteiger partial charge in [0.1, 0.15) is 5.60 Å². The average molecular weight is 391 g/mol. The van der Waals surface area contributed by atoms with Crippen LogP contribution in [0.15, 0.2) is 60.7 Å². The molecule has 1 aliphatic heterocycles. The minimum absolute atomic E-state index is 0.164. The second-order valence-electron chi connectivity index (χ2n) is 9.14. The predicted molar refractivity (Wildman–Crippen MR) is 115 cm³/mol. The smallest absolute Gasteiger partial charge is 0.259 e. The molecule has 3 fully saturated rings. The van der Waals surface area contributed by atoms with E-state index in [1.807, 2.05) is 35.2 Å². The SMILES string of the molecule is CN(Cc1ccccc1)[C@H]1CC[C@]2(CC1)CN(c1ccccc1)C(=O)C1(CC1)O2. The van der Waals surface area contributed by atoms with Gasteiger partial charge in [-0.25, -0.2) is 0 Å². The van der Waals surface area contributed by atoms with Gasteiger partial charge >= 0.3 is 0 Å². The Kier molecular flexibility index (Phi) is 4.72. The summed E-state index contributed by atoms with van der Waals surface area (Å²) in [4.78, 5) is 17.6. The minimum atomic E-state index is -0.545. The molecule has 4 heteroatoms. The molecule has 5 rings (SSSR count). The average Bonchev–Trinajstić information content (AvgIpc) is 3.53. The summed E-state index contributed by atoms with van der Waals surface area (Å²) in [5.41, 5.74) is 1.64. The third-order valence-corrected chi connectivity index (χ3v) is 7.03. The summed E-state index contributed by atoms with van der Waals surface area (Å²) >= 11 is 0. The molecule has 152 valence electrons. The van der Waals surface area contributed by atoms with Gasteiger partial charge < -0.3 is 9.64 Å². The first-order chi connectivity index (χ1) is 14.1. The molecule has 2 aromatic rings. The lowest BCUT2D eigenvalue weighted by atomic mass is 9.79. The third kappa shape index (κ3) is 3.60. The molecule has 1 heterocycles. The van der Waals surface area contributed by atoms with E-state index in [0.717, 1.165) is 50.8 Å². The van der Waals surface area contributed by atoms with E-state index in [1.54, 1.807) is 0 Å². The maximum Gasteiger partial charge on any atom is 0.259 e. The number of amides is 1. The van der Waals surface area contributed by atoms with E-state index in [-0.39, 0.29) is 11.5 Å². The molecule has 0 aromatic heterocycles. The zero-order chi connectivity index (χ0) is 19.9. The normalized spacial score (nSPS) is 28.3. The number of para-hydroxylation sites is 1. The van der Waals surface area contributed by atoms with Gasteiger partial charge in [-0.2, -0.15) is 0 Å². The summed E-state index contributed by atoms with van der Waals surface area (Å²) in [6.45, 7) is 1.67. The zero-order valence-electron chi connectivity index (χ0n) is 17.2. The Labute approximate surface area is 173 Å². The van der Waals surface area contributed by atoms with Gasteiger partial charge in [0.05, 0.1) is 12.1 Å². The van der Waals surface area contributed by atoms with E-state index >= 15 is 0 Å². The minimum Gasteiger partial charge on any atom is -0.357 e. The number of carbonyl (C=O) groups is 1. The molecular weight excluding hydrogens is 360 g/mol. The number of benzene rings is 2. The number of anilines is 1. The van der Waals surface area contributed by atoms with Crippen LogP contribution in [0.3, 0.4) is 0 Å². The van der Waals surface area contributed by atoms with Crippen LogP contribution in [0.25, 0.3) is 0 Å². The topological polar surface area (TPSA) is 32.8 Å². The third-order valence-electron chi connectivity index (χ3n) is 7.03. The monoisotopic (exact) mass is 390 g/mol. The molecule has 2 saturated carbocycles. The molecule has 2 spiro atoms. The molecular formula is C25H30N2O2. The van der Waals surface area contributed by atoms with Crippen molar-refractivity contribution in [1.29, 1.82) is 0 Å². The highest BCUT2D eigenvalue weighted by Crippen LogP contribution is 2.52. The van der Waals surface area contributed by atoms with Gasteiger partial charge in [0.15, 0.2) is 0 Å². The summed E-state index contributed by atoms with van der Waals surface area (Å²) < 4.78 is 6.61. The van der Waals surface area contributed by atoms with Gasteiger partial charge in [-0.3, -0.25) is 9.69 Å². The summed E-state index contributed by atoms with van der Waals surface area (Å²) in [6, 6.07) is 21.4.